The Balaban J connectivity index is 1.11. The van der Waals surface area contributed by atoms with Crippen LogP contribution in [0.15, 0.2) is 85.5 Å². The number of hydrogen-bond acceptors (Lipinski definition) is 7. The molecule has 3 fully saturated rings. The van der Waals surface area contributed by atoms with Gasteiger partial charge in [-0.15, -0.1) is 11.8 Å². The third-order valence-corrected chi connectivity index (χ3v) is 13.6. The highest BCUT2D eigenvalue weighted by atomic mass is 79.9. The number of anilines is 2. The van der Waals surface area contributed by atoms with E-state index in [0.29, 0.717) is 23.4 Å². The predicted octanol–water partition coefficient (Wildman–Crippen LogP) is 7.68. The van der Waals surface area contributed by atoms with Crippen LogP contribution in [0.4, 0.5) is 24.5 Å². The van der Waals surface area contributed by atoms with Crippen LogP contribution in [0.2, 0.25) is 0 Å². The number of aromatic amines is 1. The Morgan fingerprint density at radius 3 is 2.41 bits per heavy atom. The Labute approximate surface area is 302 Å². The van der Waals surface area contributed by atoms with E-state index in [1.54, 1.807) is 48.2 Å². The number of carbonyl (C=O) groups excluding carboxylic acids is 3. The zero-order valence-electron chi connectivity index (χ0n) is 25.0. The molecule has 0 radical (unpaired) electrons. The lowest BCUT2D eigenvalue weighted by atomic mass is 9.68. The summed E-state index contributed by atoms with van der Waals surface area (Å²) in [4.78, 5) is 58.5. The summed E-state index contributed by atoms with van der Waals surface area (Å²) in [5, 5.41) is 3.13. The summed E-state index contributed by atoms with van der Waals surface area (Å²) in [6.07, 6.45) is -3.86. The summed E-state index contributed by atoms with van der Waals surface area (Å²) in [5.74, 6) is -2.38. The molecule has 1 aromatic heterocycles. The molecule has 2 bridgehead atoms. The smallest absolute Gasteiger partial charge is 0.416 e. The van der Waals surface area contributed by atoms with Crippen molar-refractivity contribution >= 4 is 84.1 Å². The van der Waals surface area contributed by atoms with Gasteiger partial charge in [0.15, 0.2) is 6.61 Å². The number of hydrogen-bond donors (Lipinski definition) is 2. The summed E-state index contributed by atoms with van der Waals surface area (Å²) in [5.41, 5.74) is 0.341. The number of nitrogens with zero attached hydrogens (tertiary/aromatic N) is 1. The average molecular weight is 836 g/mol. The first-order valence-corrected chi connectivity index (χ1v) is 18.6. The average Bonchev–Trinajstić information content (AvgIpc) is 3.79. The van der Waals surface area contributed by atoms with E-state index < -0.39 is 36.1 Å². The lowest BCUT2D eigenvalue weighted by Gasteiger charge is -2.43. The van der Waals surface area contributed by atoms with E-state index in [4.69, 9.17) is 4.74 Å². The highest BCUT2D eigenvalue weighted by Crippen LogP contribution is 2.69. The molecule has 0 spiro atoms. The fourth-order valence-corrected chi connectivity index (χ4v) is 11.7. The minimum absolute atomic E-state index is 0.0159. The number of nitrogens with one attached hydrogen (secondary N) is 2. The molecule has 2 aliphatic heterocycles. The van der Waals surface area contributed by atoms with Crippen LogP contribution in [0.25, 0.3) is 0 Å². The van der Waals surface area contributed by atoms with Gasteiger partial charge < -0.3 is 15.0 Å². The van der Waals surface area contributed by atoms with Crippen molar-refractivity contribution in [2.75, 3.05) is 16.8 Å². The number of rotatable bonds is 6. The molecular formula is C34H24Br2F3N3O5S2. The summed E-state index contributed by atoms with van der Waals surface area (Å²) in [6.45, 7) is -0.484. The topological polar surface area (TPSA) is 109 Å². The van der Waals surface area contributed by atoms with Crippen LogP contribution >= 0.6 is 55.0 Å². The van der Waals surface area contributed by atoms with Gasteiger partial charge in [0.1, 0.15) is 5.75 Å². The second-order valence-electron chi connectivity index (χ2n) is 12.5. The standard InChI is InChI=1S/C34H24Br2F3N3O5S2/c35-15-4-7-18(8-5-15)42-31(44)26-20-12-21(27(26)32(42)45)28-25(20)24(29-30(48-28)41-33(46)49-29)19-11-16(36)6-9-22(19)47-13-23(43)40-17-3-1-2-14(10-17)34(37,38)39/h1-11,20-21,24-28H,12-13H2,(H,40,43)(H,41,46)/t20-,21-,24-,25?,26?,27?,28?/m1/s1. The lowest BCUT2D eigenvalue weighted by molar-refractivity contribution is -0.137. The third kappa shape index (κ3) is 5.56. The summed E-state index contributed by atoms with van der Waals surface area (Å²) >= 11 is 9.64. The Hall–Kier alpha value is -3.40. The maximum Gasteiger partial charge on any atom is 0.416 e. The molecule has 8 rings (SSSR count). The molecule has 4 unspecified atom stereocenters. The maximum absolute atomic E-state index is 14.1. The zero-order chi connectivity index (χ0) is 34.4. The molecule has 2 N–H and O–H groups in total. The number of thiazole rings is 1. The van der Waals surface area contributed by atoms with Crippen LogP contribution in [-0.2, 0) is 20.6 Å². The van der Waals surface area contributed by atoms with Crippen molar-refractivity contribution in [3.8, 4) is 5.75 Å². The maximum atomic E-state index is 14.1. The largest absolute Gasteiger partial charge is 0.483 e. The van der Waals surface area contributed by atoms with Crippen LogP contribution in [0.3, 0.4) is 0 Å². The zero-order valence-corrected chi connectivity index (χ0v) is 29.8. The molecule has 1 saturated heterocycles. The first kappa shape index (κ1) is 32.8. The van der Waals surface area contributed by atoms with Crippen molar-refractivity contribution in [1.82, 2.24) is 4.98 Å². The van der Waals surface area contributed by atoms with Gasteiger partial charge in [0.05, 0.1) is 28.1 Å². The Morgan fingerprint density at radius 1 is 0.959 bits per heavy atom. The minimum Gasteiger partial charge on any atom is -0.483 e. The number of halogens is 5. The van der Waals surface area contributed by atoms with E-state index in [9.17, 15) is 32.3 Å². The highest BCUT2D eigenvalue weighted by molar-refractivity contribution is 9.10. The lowest BCUT2D eigenvalue weighted by Crippen LogP contribution is -2.42. The van der Waals surface area contributed by atoms with Gasteiger partial charge in [-0.3, -0.25) is 24.1 Å². The Bertz CT molecular complexity index is 2090. The van der Waals surface area contributed by atoms with E-state index in [-0.39, 0.29) is 51.3 Å². The molecule has 3 aromatic carbocycles. The van der Waals surface area contributed by atoms with E-state index in [0.717, 1.165) is 42.3 Å². The van der Waals surface area contributed by atoms with Gasteiger partial charge >= 0.3 is 11.0 Å². The molecule has 15 heteroatoms. The molecule has 3 heterocycles. The van der Waals surface area contributed by atoms with Gasteiger partial charge in [-0.2, -0.15) is 13.2 Å². The van der Waals surface area contributed by atoms with Crippen molar-refractivity contribution in [2.24, 2.45) is 29.6 Å². The number of imide groups is 1. The molecule has 3 amide bonds. The molecule has 2 saturated carbocycles. The van der Waals surface area contributed by atoms with E-state index in [1.807, 2.05) is 6.07 Å². The van der Waals surface area contributed by atoms with Crippen LogP contribution < -0.4 is 19.8 Å². The van der Waals surface area contributed by atoms with Crippen molar-refractivity contribution in [3.63, 3.8) is 0 Å². The monoisotopic (exact) mass is 833 g/mol. The van der Waals surface area contributed by atoms with Gasteiger partial charge in [0, 0.05) is 36.2 Å². The number of aromatic nitrogens is 1. The van der Waals surface area contributed by atoms with Crippen molar-refractivity contribution in [3.05, 3.63) is 101 Å². The molecule has 252 valence electrons. The van der Waals surface area contributed by atoms with Gasteiger partial charge in [-0.25, -0.2) is 0 Å². The first-order valence-electron chi connectivity index (χ1n) is 15.3. The van der Waals surface area contributed by atoms with Crippen LogP contribution in [0, 0.1) is 29.6 Å². The van der Waals surface area contributed by atoms with Gasteiger partial charge in [0.25, 0.3) is 5.91 Å². The Morgan fingerprint density at radius 2 is 1.67 bits per heavy atom. The number of ether oxygens (including phenoxy) is 1. The molecule has 2 aliphatic carbocycles. The summed E-state index contributed by atoms with van der Waals surface area (Å²) < 4.78 is 47.2. The molecule has 7 atom stereocenters. The predicted molar refractivity (Wildman–Crippen MR) is 185 cm³/mol. The first-order chi connectivity index (χ1) is 23.4. The van der Waals surface area contributed by atoms with Gasteiger partial charge in [-0.1, -0.05) is 49.3 Å². The molecule has 4 aromatic rings. The van der Waals surface area contributed by atoms with Gasteiger partial charge in [0.2, 0.25) is 11.8 Å². The number of benzene rings is 3. The SMILES string of the molecule is O=C(COc1ccc(Br)cc1[C@H]1c2sc(=O)[nH]c2SC2C1[C@H]1C[C@@H]2C2C(=O)N(c3ccc(Br)cc3)C(=O)C21)Nc1cccc(C(F)(F)F)c1. The molecular weight excluding hydrogens is 811 g/mol. The summed E-state index contributed by atoms with van der Waals surface area (Å²) in [7, 11) is 0. The number of alkyl halides is 3. The fraction of sp³-hybridized carbons (Fsp3) is 0.294. The second kappa shape index (κ2) is 12.1. The number of thioether (sulfide) groups is 1. The van der Waals surface area contributed by atoms with Crippen molar-refractivity contribution in [2.45, 2.75) is 28.8 Å². The quantitative estimate of drug-likeness (QED) is 0.193. The highest BCUT2D eigenvalue weighted by Gasteiger charge is 2.70. The number of amides is 3. The normalized spacial score (nSPS) is 26.8. The number of carbonyl (C=O) groups is 3. The Kier molecular flexibility index (Phi) is 8.12. The fourth-order valence-electron chi connectivity index (χ4n) is 8.22. The molecule has 4 aliphatic rings. The number of fused-ring (bicyclic) bond motifs is 9. The van der Waals surface area contributed by atoms with Crippen LogP contribution in [0.1, 0.15) is 28.3 Å². The van der Waals surface area contributed by atoms with Crippen LogP contribution in [0.5, 0.6) is 5.75 Å². The van der Waals surface area contributed by atoms with E-state index in [1.165, 1.54) is 17.0 Å². The van der Waals surface area contributed by atoms with Crippen LogP contribution in [-0.4, -0.2) is 34.6 Å². The summed E-state index contributed by atoms with van der Waals surface area (Å²) in [6, 6.07) is 16.8. The van der Waals surface area contributed by atoms with E-state index in [2.05, 4.69) is 42.2 Å². The molecule has 49 heavy (non-hydrogen) atoms. The van der Waals surface area contributed by atoms with E-state index >= 15 is 0 Å². The van der Waals surface area contributed by atoms with Gasteiger partial charge in [-0.05, 0) is 84.8 Å². The second-order valence-corrected chi connectivity index (χ2v) is 16.6. The third-order valence-electron chi connectivity index (χ3n) is 9.95. The molecule has 8 nitrogen and oxygen atoms in total. The van der Waals surface area contributed by atoms with Crippen molar-refractivity contribution < 1.29 is 32.3 Å². The van der Waals surface area contributed by atoms with Crippen molar-refractivity contribution in [1.29, 1.82) is 0 Å². The number of H-pyrrole nitrogens is 1. The minimum atomic E-state index is -4.56.